The summed E-state index contributed by atoms with van der Waals surface area (Å²) in [6, 6.07) is 2.40. The molecule has 1 fully saturated rings. The van der Waals surface area contributed by atoms with E-state index in [1.807, 2.05) is 0 Å². The number of anilines is 1. The van der Waals surface area contributed by atoms with Crippen molar-refractivity contribution in [2.24, 2.45) is 5.92 Å². The summed E-state index contributed by atoms with van der Waals surface area (Å²) in [5.41, 5.74) is -0.199. The molecule has 0 amide bonds. The average molecular weight is 295 g/mol. The summed E-state index contributed by atoms with van der Waals surface area (Å²) in [5.74, 6) is -0.584. The Morgan fingerprint density at radius 1 is 1.57 bits per heavy atom. The molecule has 114 valence electrons. The van der Waals surface area contributed by atoms with Gasteiger partial charge in [-0.3, -0.25) is 10.1 Å². The number of carbonyl (C=O) groups is 1. The maximum absolute atomic E-state index is 11.5. The fourth-order valence-corrected chi connectivity index (χ4v) is 2.54. The number of esters is 1. The molecule has 1 aromatic heterocycles. The van der Waals surface area contributed by atoms with E-state index in [0.29, 0.717) is 0 Å². The molecule has 2 atom stereocenters. The number of nitrogens with zero attached hydrogens (tertiary/aromatic N) is 2. The Morgan fingerprint density at radius 3 is 2.95 bits per heavy atom. The molecular formula is C13H17N3O5. The molecule has 0 aromatic carbocycles. The van der Waals surface area contributed by atoms with Gasteiger partial charge in [0.15, 0.2) is 5.69 Å². The highest BCUT2D eigenvalue weighted by Crippen LogP contribution is 2.31. The van der Waals surface area contributed by atoms with Gasteiger partial charge in [-0.1, -0.05) is 6.42 Å². The van der Waals surface area contributed by atoms with Gasteiger partial charge in [0, 0.05) is 24.6 Å². The Bertz CT molecular complexity index is 549. The second kappa shape index (κ2) is 6.49. The maximum Gasteiger partial charge on any atom is 0.356 e. The Morgan fingerprint density at radius 2 is 2.33 bits per heavy atom. The molecule has 0 radical (unpaired) electrons. The zero-order valence-corrected chi connectivity index (χ0v) is 11.6. The number of hydrogen-bond donors (Lipinski definition) is 2. The number of rotatable bonds is 5. The van der Waals surface area contributed by atoms with Crippen molar-refractivity contribution in [2.75, 3.05) is 19.0 Å². The fraction of sp³-hybridized carbons (Fsp3) is 0.538. The lowest BCUT2D eigenvalue weighted by molar-refractivity contribution is -0.384. The molecule has 1 aliphatic rings. The summed E-state index contributed by atoms with van der Waals surface area (Å²) in [7, 11) is 1.22. The lowest BCUT2D eigenvalue weighted by atomic mass is 10.1. The number of ether oxygens (including phenoxy) is 1. The van der Waals surface area contributed by atoms with Crippen molar-refractivity contribution in [3.8, 4) is 0 Å². The maximum atomic E-state index is 11.5. The molecule has 1 aromatic rings. The number of aliphatic hydroxyl groups excluding tert-OH is 1. The van der Waals surface area contributed by atoms with Crippen LogP contribution in [0.1, 0.15) is 29.8 Å². The first-order chi connectivity index (χ1) is 10.1. The summed E-state index contributed by atoms with van der Waals surface area (Å²) in [6.45, 7) is 0.0160. The molecule has 1 saturated carbocycles. The lowest BCUT2D eigenvalue weighted by Crippen LogP contribution is -2.27. The minimum Gasteiger partial charge on any atom is -0.464 e. The van der Waals surface area contributed by atoms with Crippen molar-refractivity contribution in [3.63, 3.8) is 0 Å². The van der Waals surface area contributed by atoms with Crippen LogP contribution in [0.3, 0.4) is 0 Å². The molecule has 0 aliphatic heterocycles. The Kier molecular flexibility index (Phi) is 4.69. The zero-order chi connectivity index (χ0) is 15.4. The Labute approximate surface area is 121 Å². The topological polar surface area (TPSA) is 115 Å². The molecule has 8 nitrogen and oxygen atoms in total. The van der Waals surface area contributed by atoms with Crippen molar-refractivity contribution in [3.05, 3.63) is 27.9 Å². The van der Waals surface area contributed by atoms with E-state index in [2.05, 4.69) is 15.0 Å². The van der Waals surface area contributed by atoms with Crippen LogP contribution in [0.25, 0.3) is 0 Å². The van der Waals surface area contributed by atoms with E-state index in [-0.39, 0.29) is 35.8 Å². The molecule has 2 rings (SSSR count). The molecule has 21 heavy (non-hydrogen) atoms. The normalized spacial score (nSPS) is 21.0. The Balaban J connectivity index is 2.30. The van der Waals surface area contributed by atoms with Gasteiger partial charge in [-0.05, 0) is 18.9 Å². The van der Waals surface area contributed by atoms with Gasteiger partial charge in [0.05, 0.1) is 12.0 Å². The van der Waals surface area contributed by atoms with Crippen LogP contribution in [0.5, 0.6) is 0 Å². The van der Waals surface area contributed by atoms with Crippen LogP contribution in [-0.2, 0) is 4.74 Å². The van der Waals surface area contributed by atoms with E-state index in [1.165, 1.54) is 19.2 Å². The molecule has 8 heteroatoms. The van der Waals surface area contributed by atoms with Gasteiger partial charge in [0.25, 0.3) is 0 Å². The molecule has 0 spiro atoms. The van der Waals surface area contributed by atoms with Crippen molar-refractivity contribution < 1.29 is 19.6 Å². The fourth-order valence-electron chi connectivity index (χ4n) is 2.54. The summed E-state index contributed by atoms with van der Waals surface area (Å²) in [5, 5.41) is 23.4. The molecule has 2 N–H and O–H groups in total. The second-order valence-corrected chi connectivity index (χ2v) is 4.94. The summed E-state index contributed by atoms with van der Waals surface area (Å²) in [4.78, 5) is 26.0. The monoisotopic (exact) mass is 295 g/mol. The van der Waals surface area contributed by atoms with E-state index in [1.54, 1.807) is 0 Å². The van der Waals surface area contributed by atoms with Crippen molar-refractivity contribution >= 4 is 17.5 Å². The third-order valence-electron chi connectivity index (χ3n) is 3.68. The van der Waals surface area contributed by atoms with Crippen molar-refractivity contribution in [2.45, 2.75) is 25.3 Å². The predicted molar refractivity (Wildman–Crippen MR) is 74.1 cm³/mol. The molecule has 0 bridgehead atoms. The number of methoxy groups -OCH3 is 1. The van der Waals surface area contributed by atoms with Gasteiger partial charge >= 0.3 is 11.7 Å². The van der Waals surface area contributed by atoms with E-state index in [4.69, 9.17) is 0 Å². The van der Waals surface area contributed by atoms with Crippen LogP contribution in [0.4, 0.5) is 11.5 Å². The van der Waals surface area contributed by atoms with E-state index < -0.39 is 10.9 Å². The van der Waals surface area contributed by atoms with Crippen LogP contribution < -0.4 is 5.32 Å². The molecule has 2 unspecified atom stereocenters. The first kappa shape index (κ1) is 15.2. The number of hydrogen-bond acceptors (Lipinski definition) is 7. The van der Waals surface area contributed by atoms with Crippen molar-refractivity contribution in [1.82, 2.24) is 4.98 Å². The minimum absolute atomic E-state index is 0.00384. The number of pyridine rings is 1. The van der Waals surface area contributed by atoms with Crippen LogP contribution in [-0.4, -0.2) is 40.7 Å². The number of nitrogens with one attached hydrogen (secondary N) is 1. The smallest absolute Gasteiger partial charge is 0.356 e. The molecule has 1 aliphatic carbocycles. The van der Waals surface area contributed by atoms with Crippen LogP contribution in [0, 0.1) is 16.0 Å². The van der Waals surface area contributed by atoms with E-state index >= 15 is 0 Å². The van der Waals surface area contributed by atoms with Gasteiger partial charge in [-0.2, -0.15) is 0 Å². The highest BCUT2D eigenvalue weighted by molar-refractivity contribution is 5.88. The van der Waals surface area contributed by atoms with Gasteiger partial charge in [0.1, 0.15) is 0 Å². The van der Waals surface area contributed by atoms with Gasteiger partial charge in [-0.15, -0.1) is 0 Å². The molecule has 0 saturated heterocycles. The number of nitro groups is 1. The SMILES string of the molecule is COC(=O)c1ccc([N+](=O)[O-])c(NC2CCCC2CO)n1. The van der Waals surface area contributed by atoms with Crippen LogP contribution in [0.2, 0.25) is 0 Å². The van der Waals surface area contributed by atoms with Gasteiger partial charge < -0.3 is 15.2 Å². The summed E-state index contributed by atoms with van der Waals surface area (Å²) < 4.78 is 4.56. The highest BCUT2D eigenvalue weighted by Gasteiger charge is 2.29. The minimum atomic E-state index is -0.655. The van der Waals surface area contributed by atoms with Crippen LogP contribution in [0.15, 0.2) is 12.1 Å². The zero-order valence-electron chi connectivity index (χ0n) is 11.6. The summed E-state index contributed by atoms with van der Waals surface area (Å²) >= 11 is 0. The second-order valence-electron chi connectivity index (χ2n) is 4.94. The standard InChI is InChI=1S/C13H17N3O5/c1-21-13(18)10-5-6-11(16(19)20)12(15-10)14-9-4-2-3-8(9)7-17/h5-6,8-9,17H,2-4,7H2,1H3,(H,14,15). The van der Waals surface area contributed by atoms with Crippen LogP contribution >= 0.6 is 0 Å². The third-order valence-corrected chi connectivity index (χ3v) is 3.68. The predicted octanol–water partition coefficient (Wildman–Crippen LogP) is 1.35. The average Bonchev–Trinajstić information content (AvgIpc) is 2.93. The number of carbonyl (C=O) groups excluding carboxylic acids is 1. The lowest BCUT2D eigenvalue weighted by Gasteiger charge is -2.19. The first-order valence-electron chi connectivity index (χ1n) is 6.68. The number of aliphatic hydroxyl groups is 1. The Hall–Kier alpha value is -2.22. The van der Waals surface area contributed by atoms with Crippen molar-refractivity contribution in [1.29, 1.82) is 0 Å². The summed E-state index contributed by atoms with van der Waals surface area (Å²) in [6.07, 6.45) is 2.60. The van der Waals surface area contributed by atoms with Gasteiger partial charge in [0.2, 0.25) is 5.82 Å². The molecule has 1 heterocycles. The quantitative estimate of drug-likeness (QED) is 0.478. The third kappa shape index (κ3) is 3.27. The van der Waals surface area contributed by atoms with E-state index in [9.17, 15) is 20.0 Å². The molecular weight excluding hydrogens is 278 g/mol. The van der Waals surface area contributed by atoms with E-state index in [0.717, 1.165) is 19.3 Å². The highest BCUT2D eigenvalue weighted by atomic mass is 16.6. The first-order valence-corrected chi connectivity index (χ1v) is 6.68. The number of aromatic nitrogens is 1. The largest absolute Gasteiger partial charge is 0.464 e. The van der Waals surface area contributed by atoms with Gasteiger partial charge in [-0.25, -0.2) is 9.78 Å².